The smallest absolute Gasteiger partial charge is 0.308 e. The summed E-state index contributed by atoms with van der Waals surface area (Å²) in [7, 11) is -7.69. The van der Waals surface area contributed by atoms with Crippen molar-refractivity contribution in [2.24, 2.45) is 0 Å². The zero-order chi connectivity index (χ0) is 48.7. The molecule has 2 heterocycles. The van der Waals surface area contributed by atoms with Gasteiger partial charge in [0.05, 0.1) is 34.2 Å². The second kappa shape index (κ2) is 20.8. The van der Waals surface area contributed by atoms with E-state index in [1.807, 2.05) is 61.4 Å². The molecule has 22 heteroatoms. The third kappa shape index (κ3) is 12.4. The Balaban J connectivity index is 0.984. The number of aromatic nitrogens is 2. The van der Waals surface area contributed by atoms with Crippen molar-refractivity contribution < 1.29 is 49.7 Å². The predicted octanol–water partition coefficient (Wildman–Crippen LogP) is 8.65. The number of anilines is 2. The first-order valence-electron chi connectivity index (χ1n) is 19.9. The molecular formula is C45H43Cl3N6O11S2. The number of aliphatic hydroxyl groups excluding tert-OH is 1. The second-order valence-corrected chi connectivity index (χ2v) is 20.9. The summed E-state index contributed by atoms with van der Waals surface area (Å²) in [6.45, 7) is 7.52. The van der Waals surface area contributed by atoms with Gasteiger partial charge < -0.3 is 32.9 Å². The van der Waals surface area contributed by atoms with Crippen molar-refractivity contribution in [2.45, 2.75) is 57.8 Å². The number of hydrogen-bond donors (Lipinski definition) is 3. The average molecular weight is 1010 g/mol. The summed E-state index contributed by atoms with van der Waals surface area (Å²) in [6, 6.07) is 24.4. The van der Waals surface area contributed by atoms with Crippen molar-refractivity contribution in [3.63, 3.8) is 0 Å². The Bertz CT molecular complexity index is 3040. The number of nitrogens with zero attached hydrogens (tertiary/aromatic N) is 4. The molecule has 3 N–H and O–H groups in total. The van der Waals surface area contributed by atoms with E-state index in [9.17, 15) is 32.5 Å². The van der Waals surface area contributed by atoms with Gasteiger partial charge in [-0.2, -0.15) is 20.5 Å². The Morgan fingerprint density at radius 3 is 1.51 bits per heavy atom. The SMILES string of the molecule is COc1c(Cl)cc(C(C)(C)c2ccc(OCc3coc(NS(=O)(=O)CS(=O)(=O)Nc4nc(COc5ccc(C(C)(C)c6cc(Cl)c(OC[C@H](O)CCl)c(C#N)c6)cc5)co4)n3)cc2)cc1C#N. The van der Waals surface area contributed by atoms with Gasteiger partial charge in [0.25, 0.3) is 20.0 Å². The van der Waals surface area contributed by atoms with E-state index in [1.54, 1.807) is 48.5 Å². The third-order valence-corrected chi connectivity index (χ3v) is 14.8. The summed E-state index contributed by atoms with van der Waals surface area (Å²) in [5, 5.41) is 28.2. The summed E-state index contributed by atoms with van der Waals surface area (Å²) in [4.78, 5) is 8.09. The number of benzene rings is 4. The fourth-order valence-electron chi connectivity index (χ4n) is 6.61. The van der Waals surface area contributed by atoms with Crippen LogP contribution >= 0.6 is 34.8 Å². The molecule has 0 bridgehead atoms. The summed E-state index contributed by atoms with van der Waals surface area (Å²) in [5.41, 5.74) is 3.07. The minimum Gasteiger partial charge on any atom is -0.494 e. The number of alkyl halides is 1. The van der Waals surface area contributed by atoms with Crippen LogP contribution in [0.4, 0.5) is 12.0 Å². The van der Waals surface area contributed by atoms with Crippen LogP contribution in [-0.2, 0) is 44.1 Å². The van der Waals surface area contributed by atoms with Gasteiger partial charge in [0.2, 0.25) is 0 Å². The van der Waals surface area contributed by atoms with Crippen molar-refractivity contribution in [1.29, 1.82) is 10.5 Å². The lowest BCUT2D eigenvalue weighted by Gasteiger charge is -2.27. The number of rotatable bonds is 21. The molecule has 6 aromatic rings. The number of nitrogens with one attached hydrogen (secondary N) is 2. The first-order valence-corrected chi connectivity index (χ1v) is 24.5. The number of ether oxygens (including phenoxy) is 4. The third-order valence-electron chi connectivity index (χ3n) is 10.4. The molecule has 0 spiro atoms. The minimum atomic E-state index is -4.57. The van der Waals surface area contributed by atoms with Gasteiger partial charge in [-0.15, -0.1) is 11.6 Å². The number of sulfonamides is 2. The van der Waals surface area contributed by atoms with Gasteiger partial charge in [0.1, 0.15) is 73.5 Å². The molecular weight excluding hydrogens is 971 g/mol. The zero-order valence-corrected chi connectivity index (χ0v) is 40.4. The number of nitriles is 2. The number of hydrogen-bond acceptors (Lipinski definition) is 15. The van der Waals surface area contributed by atoms with Crippen molar-refractivity contribution in [3.05, 3.63) is 140 Å². The summed E-state index contributed by atoms with van der Waals surface area (Å²) in [6.07, 6.45) is 1.39. The maximum atomic E-state index is 12.8. The molecule has 1 atom stereocenters. The van der Waals surface area contributed by atoms with E-state index in [1.165, 1.54) is 7.11 Å². The molecule has 67 heavy (non-hydrogen) atoms. The molecule has 0 aliphatic rings. The van der Waals surface area contributed by atoms with E-state index in [0.717, 1.165) is 34.8 Å². The minimum absolute atomic E-state index is 0.0374. The molecule has 352 valence electrons. The van der Waals surface area contributed by atoms with E-state index in [4.69, 9.17) is 62.6 Å². The summed E-state index contributed by atoms with van der Waals surface area (Å²) in [5.74, 6) is 1.34. The van der Waals surface area contributed by atoms with Crippen molar-refractivity contribution >= 4 is 66.9 Å². The highest BCUT2D eigenvalue weighted by Crippen LogP contribution is 2.40. The van der Waals surface area contributed by atoms with Crippen molar-refractivity contribution in [2.75, 3.05) is 34.1 Å². The average Bonchev–Trinajstić information content (AvgIpc) is 3.94. The lowest BCUT2D eigenvalue weighted by Crippen LogP contribution is -2.27. The quantitative estimate of drug-likeness (QED) is 0.0571. The molecule has 2 aromatic heterocycles. The van der Waals surface area contributed by atoms with E-state index < -0.39 is 54.1 Å². The van der Waals surface area contributed by atoms with E-state index in [0.29, 0.717) is 27.8 Å². The van der Waals surface area contributed by atoms with Gasteiger partial charge in [0.15, 0.2) is 16.6 Å². The fourth-order valence-corrected chi connectivity index (χ4v) is 10.1. The van der Waals surface area contributed by atoms with Gasteiger partial charge in [-0.3, -0.25) is 0 Å². The molecule has 0 aliphatic carbocycles. The van der Waals surface area contributed by atoms with Gasteiger partial charge >= 0.3 is 12.0 Å². The second-order valence-electron chi connectivity index (χ2n) is 15.9. The highest BCUT2D eigenvalue weighted by molar-refractivity contribution is 8.09. The first kappa shape index (κ1) is 50.2. The van der Waals surface area contributed by atoms with Crippen LogP contribution in [0.25, 0.3) is 0 Å². The number of aliphatic hydroxyl groups is 1. The van der Waals surface area contributed by atoms with Crippen LogP contribution < -0.4 is 28.4 Å². The lowest BCUT2D eigenvalue weighted by molar-refractivity contribution is 0.125. The maximum Gasteiger partial charge on any atom is 0.308 e. The van der Waals surface area contributed by atoms with Crippen molar-refractivity contribution in [3.8, 4) is 35.1 Å². The molecule has 0 saturated heterocycles. The Morgan fingerprint density at radius 1 is 0.687 bits per heavy atom. The van der Waals surface area contributed by atoms with Gasteiger partial charge in [-0.1, -0.05) is 75.2 Å². The summed E-state index contributed by atoms with van der Waals surface area (Å²) < 4.78 is 88.3. The standard InChI is InChI=1S/C45H43Cl3N6O11S2/c1-44(2,31-14-27(19-49)40(60-5)38(47)16-31)29-6-10-36(11-7-29)61-21-33-23-64-42(51-33)53-66(56,57)26-67(58,59)54-43-52-34(24-65-43)22-62-37-12-8-30(9-13-37)45(3,4)32-15-28(20-50)41(39(48)17-32)63-25-35(55)18-46/h6-17,23-24,35,55H,18,21-22,25-26H2,1-5H3,(H,51,53)(H,52,54)/t35-/m1/s1. The normalized spacial score (nSPS) is 12.4. The molecule has 0 amide bonds. The monoisotopic (exact) mass is 1010 g/mol. The van der Waals surface area contributed by atoms with Crippen LogP contribution in [-0.4, -0.2) is 62.7 Å². The van der Waals surface area contributed by atoms with Gasteiger partial charge in [-0.25, -0.2) is 26.3 Å². The van der Waals surface area contributed by atoms with Crippen LogP contribution in [0, 0.1) is 22.7 Å². The van der Waals surface area contributed by atoms with Gasteiger partial charge in [-0.05, 0) is 70.8 Å². The molecule has 4 aromatic carbocycles. The van der Waals surface area contributed by atoms with Crippen LogP contribution in [0.15, 0.2) is 94.2 Å². The van der Waals surface area contributed by atoms with Crippen LogP contribution in [0.2, 0.25) is 10.0 Å². The Morgan fingerprint density at radius 2 is 1.10 bits per heavy atom. The predicted molar refractivity (Wildman–Crippen MR) is 250 cm³/mol. The number of methoxy groups -OCH3 is 1. The topological polar surface area (TPSA) is 249 Å². The fraction of sp³-hybridized carbons (Fsp3) is 0.289. The van der Waals surface area contributed by atoms with E-state index >= 15 is 0 Å². The molecule has 0 saturated carbocycles. The number of halogens is 3. The largest absolute Gasteiger partial charge is 0.494 e. The van der Waals surface area contributed by atoms with E-state index in [-0.39, 0.29) is 53.4 Å². The molecule has 0 radical (unpaired) electrons. The van der Waals surface area contributed by atoms with Crippen LogP contribution in [0.1, 0.15) is 72.5 Å². The molecule has 0 fully saturated rings. The van der Waals surface area contributed by atoms with E-state index in [2.05, 4.69) is 22.1 Å². The summed E-state index contributed by atoms with van der Waals surface area (Å²) >= 11 is 18.5. The first-order chi connectivity index (χ1) is 31.7. The highest BCUT2D eigenvalue weighted by atomic mass is 35.5. The van der Waals surface area contributed by atoms with Crippen LogP contribution in [0.3, 0.4) is 0 Å². The maximum absolute atomic E-state index is 12.8. The zero-order valence-electron chi connectivity index (χ0n) is 36.5. The van der Waals surface area contributed by atoms with Crippen LogP contribution in [0.5, 0.6) is 23.0 Å². The Hall–Kier alpha value is -6.19. The molecule has 6 rings (SSSR count). The highest BCUT2D eigenvalue weighted by Gasteiger charge is 2.29. The van der Waals surface area contributed by atoms with Gasteiger partial charge in [0, 0.05) is 10.8 Å². The Kier molecular flexibility index (Phi) is 15.6. The Labute approximate surface area is 402 Å². The van der Waals surface area contributed by atoms with Crippen molar-refractivity contribution in [1.82, 2.24) is 9.97 Å². The number of oxazole rings is 2. The molecule has 17 nitrogen and oxygen atoms in total. The molecule has 0 aliphatic heterocycles. The lowest BCUT2D eigenvalue weighted by atomic mass is 9.77. The molecule has 0 unspecified atom stereocenters.